The van der Waals surface area contributed by atoms with Gasteiger partial charge in [0.1, 0.15) is 5.52 Å². The number of nitrogens with zero attached hydrogens (tertiary/aromatic N) is 3. The van der Waals surface area contributed by atoms with Gasteiger partial charge in [-0.25, -0.2) is 4.79 Å². The summed E-state index contributed by atoms with van der Waals surface area (Å²) in [6, 6.07) is 19.5. The van der Waals surface area contributed by atoms with Crippen molar-refractivity contribution in [2.75, 3.05) is 30.6 Å². The largest absolute Gasteiger partial charge is 0.465 e. The molecule has 38 heavy (non-hydrogen) atoms. The van der Waals surface area contributed by atoms with E-state index < -0.39 is 12.1 Å². The summed E-state index contributed by atoms with van der Waals surface area (Å²) in [5.41, 5.74) is 4.37. The molecule has 8 nitrogen and oxygen atoms in total. The molecule has 0 bridgehead atoms. The summed E-state index contributed by atoms with van der Waals surface area (Å²) >= 11 is 0. The third kappa shape index (κ3) is 5.38. The van der Waals surface area contributed by atoms with Crippen LogP contribution in [0.5, 0.6) is 0 Å². The van der Waals surface area contributed by atoms with Gasteiger partial charge in [0, 0.05) is 25.2 Å². The number of methoxy groups -OCH3 is 1. The molecular weight excluding hydrogens is 487 g/mol. The van der Waals surface area contributed by atoms with Gasteiger partial charge in [0.25, 0.3) is 6.01 Å². The molecule has 1 aliphatic rings. The van der Waals surface area contributed by atoms with E-state index in [1.807, 2.05) is 42.2 Å². The van der Waals surface area contributed by atoms with Crippen LogP contribution < -0.4 is 10.4 Å². The highest BCUT2D eigenvalue weighted by molar-refractivity contribution is 5.91. The predicted molar refractivity (Wildman–Crippen MR) is 143 cm³/mol. The molecule has 1 atom stereocenters. The van der Waals surface area contributed by atoms with Crippen LogP contribution in [-0.4, -0.2) is 48.0 Å². The smallest absolute Gasteiger partial charge is 0.337 e. The van der Waals surface area contributed by atoms with Gasteiger partial charge in [-0.15, -0.1) is 0 Å². The number of likely N-dealkylation sites (tertiary alicyclic amines) is 1. The first-order valence-electron chi connectivity index (χ1n) is 12.6. The Kier molecular flexibility index (Phi) is 7.37. The summed E-state index contributed by atoms with van der Waals surface area (Å²) in [7, 11) is 1.29. The lowest BCUT2D eigenvalue weighted by molar-refractivity contribution is -0.124. The van der Waals surface area contributed by atoms with Crippen LogP contribution in [0.1, 0.15) is 34.3 Å². The maximum absolute atomic E-state index is 15.7. The van der Waals surface area contributed by atoms with Crippen molar-refractivity contribution >= 4 is 40.2 Å². The Morgan fingerprint density at radius 1 is 1.11 bits per heavy atom. The third-order valence-corrected chi connectivity index (χ3v) is 6.74. The van der Waals surface area contributed by atoms with Crippen molar-refractivity contribution in [3.05, 3.63) is 83.4 Å². The molecule has 3 aromatic carbocycles. The molecule has 0 saturated carbocycles. The van der Waals surface area contributed by atoms with Crippen LogP contribution in [0.15, 0.2) is 71.1 Å². The number of halogens is 1. The molecule has 0 aliphatic carbocycles. The van der Waals surface area contributed by atoms with E-state index in [0.29, 0.717) is 46.5 Å². The highest BCUT2D eigenvalue weighted by Crippen LogP contribution is 2.27. The molecule has 1 unspecified atom stereocenters. The third-order valence-electron chi connectivity index (χ3n) is 6.74. The Hall–Kier alpha value is -4.24. The number of hydrogen-bond donors (Lipinski definition) is 1. The Labute approximate surface area is 219 Å². The number of fused-ring (bicyclic) bond motifs is 1. The second-order valence-electron chi connectivity index (χ2n) is 9.37. The topological polar surface area (TPSA) is 87.9 Å². The van der Waals surface area contributed by atoms with E-state index in [4.69, 9.17) is 9.15 Å². The van der Waals surface area contributed by atoms with Gasteiger partial charge in [0.2, 0.25) is 0 Å². The fourth-order valence-electron chi connectivity index (χ4n) is 4.71. The first kappa shape index (κ1) is 25.4. The lowest BCUT2D eigenvalue weighted by Gasteiger charge is -2.31. The van der Waals surface area contributed by atoms with Crippen molar-refractivity contribution in [3.63, 3.8) is 0 Å². The van der Waals surface area contributed by atoms with E-state index >= 15 is 4.48 Å². The fourth-order valence-corrected chi connectivity index (χ4v) is 4.71. The van der Waals surface area contributed by atoms with E-state index in [2.05, 4.69) is 10.3 Å². The maximum Gasteiger partial charge on any atom is 0.337 e. The lowest BCUT2D eigenvalue weighted by Crippen LogP contribution is -2.49. The van der Waals surface area contributed by atoms with Gasteiger partial charge >= 0.3 is 5.97 Å². The summed E-state index contributed by atoms with van der Waals surface area (Å²) < 4.78 is 26.3. The summed E-state index contributed by atoms with van der Waals surface area (Å²) in [6.45, 7) is 3.26. The highest BCUT2D eigenvalue weighted by Gasteiger charge is 2.34. The molecule has 1 saturated heterocycles. The van der Waals surface area contributed by atoms with E-state index in [1.54, 1.807) is 12.1 Å². The van der Waals surface area contributed by atoms with Gasteiger partial charge < -0.3 is 14.5 Å². The van der Waals surface area contributed by atoms with E-state index in [9.17, 15) is 9.59 Å². The molecule has 5 rings (SSSR count). The molecule has 4 aromatic rings. The first-order chi connectivity index (χ1) is 18.4. The minimum absolute atomic E-state index is 0.0268. The van der Waals surface area contributed by atoms with Crippen molar-refractivity contribution in [1.29, 1.82) is 0 Å². The molecule has 1 aliphatic heterocycles. The van der Waals surface area contributed by atoms with Crippen LogP contribution in [0, 0.1) is 6.92 Å². The number of aromatic nitrogens is 1. The number of para-hydroxylation sites is 1. The summed E-state index contributed by atoms with van der Waals surface area (Å²) in [4.78, 5) is 31.6. The van der Waals surface area contributed by atoms with Crippen LogP contribution in [0.25, 0.3) is 11.1 Å². The number of hydrogen-bond acceptors (Lipinski definition) is 8. The van der Waals surface area contributed by atoms with E-state index in [0.717, 1.165) is 24.1 Å². The van der Waals surface area contributed by atoms with Crippen LogP contribution in [0.2, 0.25) is 0 Å². The van der Waals surface area contributed by atoms with Crippen LogP contribution in [0.3, 0.4) is 0 Å². The normalized spacial score (nSPS) is 14.4. The number of anilines is 3. The quantitative estimate of drug-likeness (QED) is 0.228. The number of Topliss-reactive ketones (excluding diaryl/α,β-unsaturated/α-hetero) is 1. The highest BCUT2D eigenvalue weighted by atomic mass is 19.2. The SMILES string of the molecule is COC(=O)c1ccc(N(F)C(C(=O)Cc2ccc3nc(Nc4ccccc4C)oc3c2)N2CCCC2)cc1. The molecule has 1 N–H and O–H groups in total. The zero-order chi connectivity index (χ0) is 26.6. The number of oxazole rings is 1. The number of ether oxygens (including phenoxy) is 1. The number of benzene rings is 3. The van der Waals surface area contributed by atoms with Gasteiger partial charge in [-0.1, -0.05) is 28.7 Å². The number of esters is 1. The molecule has 196 valence electrons. The molecule has 2 heterocycles. The van der Waals surface area contributed by atoms with Crippen molar-refractivity contribution < 1.29 is 23.2 Å². The number of nitrogens with one attached hydrogen (secondary N) is 1. The van der Waals surface area contributed by atoms with E-state index in [1.165, 1.54) is 31.4 Å². The average Bonchev–Trinajstić information content (AvgIpc) is 3.59. The van der Waals surface area contributed by atoms with Crippen molar-refractivity contribution in [2.45, 2.75) is 32.4 Å². The Morgan fingerprint density at radius 3 is 2.55 bits per heavy atom. The lowest BCUT2D eigenvalue weighted by atomic mass is 10.1. The first-order valence-corrected chi connectivity index (χ1v) is 12.6. The monoisotopic (exact) mass is 516 g/mol. The predicted octanol–water partition coefficient (Wildman–Crippen LogP) is 5.59. The molecule has 0 amide bonds. The fraction of sp³-hybridized carbons (Fsp3) is 0.276. The Morgan fingerprint density at radius 2 is 1.84 bits per heavy atom. The maximum atomic E-state index is 15.7. The standard InChI is InChI=1S/C29H29FN4O4/c1-19-7-3-4-8-23(19)31-29-32-24-14-9-20(18-26(24)38-29)17-25(35)27(33-15-5-6-16-33)34(30)22-12-10-21(11-13-22)28(36)37-2/h3-4,7-14,18,27H,5-6,15-17H2,1-2H3,(H,31,32). The number of rotatable bonds is 9. The minimum Gasteiger partial charge on any atom is -0.465 e. The summed E-state index contributed by atoms with van der Waals surface area (Å²) in [5, 5.41) is 3.68. The number of carbonyl (C=O) groups is 2. The molecule has 0 radical (unpaired) electrons. The average molecular weight is 517 g/mol. The molecular formula is C29H29FN4O4. The molecule has 0 spiro atoms. The second-order valence-corrected chi connectivity index (χ2v) is 9.37. The number of carbonyl (C=O) groups excluding carboxylic acids is 2. The second kappa shape index (κ2) is 11.0. The molecule has 1 aromatic heterocycles. The molecule has 9 heteroatoms. The Bertz CT molecular complexity index is 1450. The number of ketones is 1. The van der Waals surface area contributed by atoms with Crippen LogP contribution in [0.4, 0.5) is 21.9 Å². The van der Waals surface area contributed by atoms with Crippen molar-refractivity contribution in [3.8, 4) is 0 Å². The zero-order valence-electron chi connectivity index (χ0n) is 21.3. The van der Waals surface area contributed by atoms with Gasteiger partial charge in [-0.2, -0.15) is 10.1 Å². The van der Waals surface area contributed by atoms with Crippen molar-refractivity contribution in [2.24, 2.45) is 0 Å². The minimum atomic E-state index is -1.08. The van der Waals surface area contributed by atoms with Gasteiger partial charge in [0.15, 0.2) is 17.5 Å². The Balaban J connectivity index is 1.35. The van der Waals surface area contributed by atoms with E-state index in [-0.39, 0.29) is 17.9 Å². The number of aryl methyl sites for hydroxylation is 1. The zero-order valence-corrected chi connectivity index (χ0v) is 21.3. The summed E-state index contributed by atoms with van der Waals surface area (Å²) in [6.07, 6.45) is 0.753. The van der Waals surface area contributed by atoms with Gasteiger partial charge in [-0.3, -0.25) is 9.69 Å². The van der Waals surface area contributed by atoms with Crippen molar-refractivity contribution in [1.82, 2.24) is 9.88 Å². The summed E-state index contributed by atoms with van der Waals surface area (Å²) in [5.74, 6) is -0.780. The molecule has 1 fully saturated rings. The van der Waals surface area contributed by atoms with Gasteiger partial charge in [-0.05, 0) is 73.4 Å². The van der Waals surface area contributed by atoms with Gasteiger partial charge in [0.05, 0.1) is 18.4 Å². The van der Waals surface area contributed by atoms with Crippen LogP contribution in [-0.2, 0) is 16.0 Å². The van der Waals surface area contributed by atoms with Crippen LogP contribution >= 0.6 is 0 Å².